The third kappa shape index (κ3) is 2.42. The summed E-state index contributed by atoms with van der Waals surface area (Å²) in [6, 6.07) is 7.48. The monoisotopic (exact) mass is 399 g/mol. The van der Waals surface area contributed by atoms with Crippen LogP contribution in [-0.4, -0.2) is 19.7 Å². The van der Waals surface area contributed by atoms with E-state index < -0.39 is 5.54 Å². The summed E-state index contributed by atoms with van der Waals surface area (Å²) in [4.78, 5) is 3.30. The first kappa shape index (κ1) is 18.4. The van der Waals surface area contributed by atoms with Crippen molar-refractivity contribution in [3.8, 4) is 28.7 Å². The van der Waals surface area contributed by atoms with Crippen LogP contribution in [0.3, 0.4) is 0 Å². The van der Waals surface area contributed by atoms with Crippen molar-refractivity contribution in [2.24, 2.45) is 0 Å². The van der Waals surface area contributed by atoms with Gasteiger partial charge in [0.15, 0.2) is 5.82 Å². The number of nitrogens with one attached hydrogen (secondary N) is 2. The van der Waals surface area contributed by atoms with Crippen LogP contribution >= 0.6 is 0 Å². The van der Waals surface area contributed by atoms with E-state index in [0.717, 1.165) is 50.6 Å². The molecule has 2 aromatic heterocycles. The molecule has 0 atom stereocenters. The predicted octanol–water partition coefficient (Wildman–Crippen LogP) is 5.20. The quantitative estimate of drug-likeness (QED) is 0.432. The lowest BCUT2D eigenvalue weighted by atomic mass is 9.92. The highest BCUT2D eigenvalue weighted by atomic mass is 19.1. The van der Waals surface area contributed by atoms with E-state index >= 15 is 4.39 Å². The molecule has 0 amide bonds. The maximum atomic E-state index is 15.5. The minimum atomic E-state index is -0.456. The maximum absolute atomic E-state index is 15.5. The Balaban J connectivity index is 1.83. The Bertz CT molecular complexity index is 1390. The van der Waals surface area contributed by atoms with Crippen molar-refractivity contribution in [2.75, 3.05) is 5.32 Å². The van der Waals surface area contributed by atoms with Gasteiger partial charge in [0.2, 0.25) is 0 Å². The number of anilines is 1. The molecule has 0 saturated carbocycles. The number of benzene rings is 2. The second-order valence-electron chi connectivity index (χ2n) is 8.22. The van der Waals surface area contributed by atoms with Crippen LogP contribution in [0, 0.1) is 31.5 Å². The van der Waals surface area contributed by atoms with Crippen LogP contribution in [0.4, 0.5) is 10.1 Å². The number of nitrogens with zero attached hydrogens (tertiary/aromatic N) is 3. The number of hydrogen-bond acceptors (Lipinski definition) is 3. The zero-order valence-electron chi connectivity index (χ0n) is 17.6. The molecular weight excluding hydrogens is 377 g/mol. The number of fused-ring (bicyclic) bond motifs is 4. The lowest BCUT2D eigenvalue weighted by Crippen LogP contribution is -2.36. The van der Waals surface area contributed by atoms with Crippen molar-refractivity contribution in [1.29, 1.82) is 0 Å². The number of rotatable bonds is 1. The summed E-state index contributed by atoms with van der Waals surface area (Å²) < 4.78 is 17.6. The summed E-state index contributed by atoms with van der Waals surface area (Å²) in [7, 11) is 0. The first-order valence-corrected chi connectivity index (χ1v) is 9.91. The number of aromatic nitrogens is 4. The Hall–Kier alpha value is -3.59. The summed E-state index contributed by atoms with van der Waals surface area (Å²) >= 11 is 0. The summed E-state index contributed by atoms with van der Waals surface area (Å²) in [5.41, 5.74) is 5.17. The largest absolute Gasteiger partial charge is 0.371 e. The average Bonchev–Trinajstić information content (AvgIpc) is 3.27. The third-order valence-corrected chi connectivity index (χ3v) is 5.79. The van der Waals surface area contributed by atoms with Crippen LogP contribution < -0.4 is 5.32 Å². The molecule has 5 nitrogen and oxygen atoms in total. The highest BCUT2D eigenvalue weighted by molar-refractivity contribution is 5.99. The molecule has 3 heterocycles. The molecule has 150 valence electrons. The Morgan fingerprint density at radius 1 is 1.17 bits per heavy atom. The Morgan fingerprint density at radius 2 is 1.97 bits per heavy atom. The predicted molar refractivity (Wildman–Crippen MR) is 117 cm³/mol. The molecule has 1 aliphatic rings. The number of aryl methyl sites for hydroxylation is 1. The fraction of sp³-hybridized carbons (Fsp3) is 0.250. The van der Waals surface area contributed by atoms with E-state index in [1.165, 1.54) is 0 Å². The normalized spacial score (nSPS) is 13.9. The van der Waals surface area contributed by atoms with Gasteiger partial charge in [0.25, 0.3) is 0 Å². The molecule has 2 N–H and O–H groups in total. The Labute approximate surface area is 174 Å². The van der Waals surface area contributed by atoms with Gasteiger partial charge in [-0.05, 0) is 46.2 Å². The first-order chi connectivity index (χ1) is 14.3. The van der Waals surface area contributed by atoms with E-state index in [1.807, 2.05) is 63.6 Å². The lowest BCUT2D eigenvalue weighted by Gasteiger charge is -2.35. The van der Waals surface area contributed by atoms with Gasteiger partial charge in [-0.3, -0.25) is 4.57 Å². The molecule has 1 aliphatic heterocycles. The van der Waals surface area contributed by atoms with Gasteiger partial charge in [0, 0.05) is 28.3 Å². The Morgan fingerprint density at radius 3 is 2.73 bits per heavy atom. The average molecular weight is 399 g/mol. The van der Waals surface area contributed by atoms with Crippen LogP contribution in [0.15, 0.2) is 30.5 Å². The van der Waals surface area contributed by atoms with Gasteiger partial charge in [-0.2, -0.15) is 0 Å². The summed E-state index contributed by atoms with van der Waals surface area (Å²) in [6.07, 6.45) is 1.88. The van der Waals surface area contributed by atoms with E-state index in [0.29, 0.717) is 5.56 Å². The smallest absolute Gasteiger partial charge is 0.162 e. The number of halogens is 1. The molecule has 0 aliphatic carbocycles. The van der Waals surface area contributed by atoms with Crippen molar-refractivity contribution in [3.63, 3.8) is 0 Å². The van der Waals surface area contributed by atoms with Crippen molar-refractivity contribution in [1.82, 2.24) is 19.7 Å². The number of hydrogen-bond donors (Lipinski definition) is 2. The van der Waals surface area contributed by atoms with E-state index in [-0.39, 0.29) is 5.82 Å². The van der Waals surface area contributed by atoms with E-state index in [4.69, 9.17) is 0 Å². The van der Waals surface area contributed by atoms with Crippen LogP contribution in [-0.2, 0) is 5.54 Å². The molecule has 4 aromatic rings. The van der Waals surface area contributed by atoms with Crippen molar-refractivity contribution < 1.29 is 4.39 Å². The second-order valence-corrected chi connectivity index (χ2v) is 8.22. The first-order valence-electron chi connectivity index (χ1n) is 9.91. The highest BCUT2D eigenvalue weighted by Crippen LogP contribution is 2.43. The van der Waals surface area contributed by atoms with Gasteiger partial charge in [-0.25, -0.2) is 4.39 Å². The molecule has 5 rings (SSSR count). The summed E-state index contributed by atoms with van der Waals surface area (Å²) in [6.45, 7) is 9.73. The van der Waals surface area contributed by atoms with E-state index in [9.17, 15) is 0 Å². The summed E-state index contributed by atoms with van der Waals surface area (Å²) in [5, 5.41) is 13.1. The minimum absolute atomic E-state index is 0.269. The molecular formula is C24H22FN5. The Kier molecular flexibility index (Phi) is 3.81. The molecule has 0 saturated heterocycles. The van der Waals surface area contributed by atoms with Gasteiger partial charge in [-0.15, -0.1) is 16.1 Å². The molecule has 0 spiro atoms. The van der Waals surface area contributed by atoms with Gasteiger partial charge < -0.3 is 10.3 Å². The zero-order valence-corrected chi connectivity index (χ0v) is 17.6. The lowest BCUT2D eigenvalue weighted by molar-refractivity contribution is 0.532. The van der Waals surface area contributed by atoms with Gasteiger partial charge >= 0.3 is 0 Å². The maximum Gasteiger partial charge on any atom is 0.162 e. The molecule has 0 radical (unpaired) electrons. The van der Waals surface area contributed by atoms with Crippen molar-refractivity contribution >= 4 is 16.6 Å². The van der Waals surface area contributed by atoms with Crippen LogP contribution in [0.2, 0.25) is 0 Å². The SMILES string of the molecule is CC#Cc1c[nH]c2c(-c3c(F)cc4c(c3C)-n3c(C)nnc3C(C)(C)N4)cccc12. The number of aromatic amines is 1. The molecule has 6 heteroatoms. The van der Waals surface area contributed by atoms with Gasteiger partial charge in [0.1, 0.15) is 11.6 Å². The minimum Gasteiger partial charge on any atom is -0.371 e. The molecule has 0 fully saturated rings. The van der Waals surface area contributed by atoms with Crippen LogP contribution in [0.1, 0.15) is 43.5 Å². The topological polar surface area (TPSA) is 58.5 Å². The second kappa shape index (κ2) is 6.20. The van der Waals surface area contributed by atoms with Crippen LogP contribution in [0.5, 0.6) is 0 Å². The molecule has 30 heavy (non-hydrogen) atoms. The highest BCUT2D eigenvalue weighted by Gasteiger charge is 2.36. The van der Waals surface area contributed by atoms with Gasteiger partial charge in [-0.1, -0.05) is 24.1 Å². The number of para-hydroxylation sites is 1. The van der Waals surface area contributed by atoms with Gasteiger partial charge in [0.05, 0.1) is 22.4 Å². The standard InChI is InChI=1S/C24H22FN5/c1-6-8-15-12-26-21-16(15)9-7-10-17(21)20-13(2)22-19(11-18(20)25)27-24(4,5)23-29-28-14(3)30(22)23/h7,9-12,26-27H,1-5H3. The van der Waals surface area contributed by atoms with Crippen molar-refractivity contribution in [2.45, 2.75) is 40.2 Å². The fourth-order valence-corrected chi connectivity index (χ4v) is 4.51. The number of H-pyrrole nitrogens is 1. The van der Waals surface area contributed by atoms with E-state index in [2.05, 4.69) is 32.3 Å². The van der Waals surface area contributed by atoms with Crippen LogP contribution in [0.25, 0.3) is 27.7 Å². The summed E-state index contributed by atoms with van der Waals surface area (Å²) in [5.74, 6) is 7.37. The molecule has 2 aromatic carbocycles. The fourth-order valence-electron chi connectivity index (χ4n) is 4.51. The molecule has 0 unspecified atom stereocenters. The van der Waals surface area contributed by atoms with E-state index in [1.54, 1.807) is 6.07 Å². The molecule has 0 bridgehead atoms. The van der Waals surface area contributed by atoms with Crippen molar-refractivity contribution in [3.05, 3.63) is 59.1 Å². The zero-order chi connectivity index (χ0) is 21.2. The third-order valence-electron chi connectivity index (χ3n) is 5.79.